The van der Waals surface area contributed by atoms with E-state index in [4.69, 9.17) is 0 Å². The van der Waals surface area contributed by atoms with Crippen molar-refractivity contribution in [3.8, 4) is 0 Å². The van der Waals surface area contributed by atoms with E-state index >= 15 is 0 Å². The van der Waals surface area contributed by atoms with Crippen molar-refractivity contribution in [2.45, 2.75) is 13.0 Å². The van der Waals surface area contributed by atoms with Crippen molar-refractivity contribution in [1.29, 1.82) is 0 Å². The first-order chi connectivity index (χ1) is 11.1. The number of amides is 1. The number of aryl methyl sites for hydroxylation is 1. The molecule has 1 amide bonds. The summed E-state index contributed by atoms with van der Waals surface area (Å²) in [6.07, 6.45) is 4.05. The van der Waals surface area contributed by atoms with Crippen LogP contribution in [0.3, 0.4) is 0 Å². The summed E-state index contributed by atoms with van der Waals surface area (Å²) in [6, 6.07) is 7.25. The topological polar surface area (TPSA) is 71.0 Å². The fourth-order valence-corrected chi connectivity index (χ4v) is 3.14. The van der Waals surface area contributed by atoms with Crippen LogP contribution in [0.25, 0.3) is 10.8 Å². The molecule has 1 aliphatic heterocycles. The number of nitrogens with zero attached hydrogens (tertiary/aromatic N) is 3. The van der Waals surface area contributed by atoms with E-state index in [-0.39, 0.29) is 11.5 Å². The molecule has 1 aromatic carbocycles. The number of nitrogens with one attached hydrogen (secondary N) is 1. The molecule has 1 aliphatic rings. The van der Waals surface area contributed by atoms with Gasteiger partial charge in [-0.2, -0.15) is 0 Å². The van der Waals surface area contributed by atoms with E-state index in [0.717, 1.165) is 17.8 Å². The van der Waals surface area contributed by atoms with E-state index < -0.39 is 0 Å². The number of aromatic nitrogens is 3. The van der Waals surface area contributed by atoms with Gasteiger partial charge in [0.05, 0.1) is 29.8 Å². The molecule has 0 saturated carbocycles. The van der Waals surface area contributed by atoms with Crippen molar-refractivity contribution >= 4 is 16.7 Å². The Morgan fingerprint density at radius 1 is 1.26 bits per heavy atom. The van der Waals surface area contributed by atoms with E-state index in [1.165, 1.54) is 4.57 Å². The van der Waals surface area contributed by atoms with Crippen LogP contribution in [0.5, 0.6) is 0 Å². The van der Waals surface area contributed by atoms with Crippen LogP contribution in [0, 0.1) is 0 Å². The lowest BCUT2D eigenvalue weighted by Gasteiger charge is -2.27. The lowest BCUT2D eigenvalue weighted by molar-refractivity contribution is 0.0733. The van der Waals surface area contributed by atoms with Gasteiger partial charge < -0.3 is 14.5 Å². The Balaban J connectivity index is 1.79. The molecule has 0 saturated heterocycles. The molecule has 116 valence electrons. The summed E-state index contributed by atoms with van der Waals surface area (Å²) in [7, 11) is 1.68. The first-order valence-electron chi connectivity index (χ1n) is 7.54. The Labute approximate surface area is 132 Å². The molecule has 1 N–H and O–H groups in total. The van der Waals surface area contributed by atoms with Crippen LogP contribution >= 0.6 is 0 Å². The molecule has 3 heterocycles. The number of hydrogen-bond donors (Lipinski definition) is 1. The molecule has 3 aromatic rings. The summed E-state index contributed by atoms with van der Waals surface area (Å²) in [5.74, 6) is -0.0583. The monoisotopic (exact) mass is 308 g/mol. The number of imidazole rings is 1. The fraction of sp³-hybridized carbons (Fsp3) is 0.235. The van der Waals surface area contributed by atoms with Crippen LogP contribution in [0.15, 0.2) is 41.6 Å². The minimum absolute atomic E-state index is 0.0583. The standard InChI is InChI=1S/C17H16N4O2/c1-20-8-13(11-4-2-3-5-12(11)16(20)22)17(23)21-7-6-14-15(9-21)19-10-18-14/h2-5,8,10H,6-7,9H2,1H3,(H,18,19). The highest BCUT2D eigenvalue weighted by Crippen LogP contribution is 2.21. The quantitative estimate of drug-likeness (QED) is 0.740. The van der Waals surface area contributed by atoms with Gasteiger partial charge in [0.2, 0.25) is 0 Å². The maximum absolute atomic E-state index is 13.0. The molecule has 4 rings (SSSR count). The van der Waals surface area contributed by atoms with E-state index in [9.17, 15) is 9.59 Å². The van der Waals surface area contributed by atoms with Gasteiger partial charge >= 0.3 is 0 Å². The zero-order valence-corrected chi connectivity index (χ0v) is 12.7. The highest BCUT2D eigenvalue weighted by Gasteiger charge is 2.25. The maximum Gasteiger partial charge on any atom is 0.258 e. The first-order valence-corrected chi connectivity index (χ1v) is 7.54. The van der Waals surface area contributed by atoms with Gasteiger partial charge in [-0.3, -0.25) is 9.59 Å². The second-order valence-electron chi connectivity index (χ2n) is 5.81. The van der Waals surface area contributed by atoms with E-state index in [1.54, 1.807) is 30.5 Å². The predicted molar refractivity (Wildman–Crippen MR) is 86.2 cm³/mol. The van der Waals surface area contributed by atoms with Crippen LogP contribution in [0.1, 0.15) is 21.7 Å². The summed E-state index contributed by atoms with van der Waals surface area (Å²) in [5.41, 5.74) is 2.48. The van der Waals surface area contributed by atoms with Gasteiger partial charge in [0.15, 0.2) is 0 Å². The molecule has 0 atom stereocenters. The minimum Gasteiger partial charge on any atom is -0.347 e. The summed E-state index contributed by atoms with van der Waals surface area (Å²) in [5, 5.41) is 1.27. The molecular weight excluding hydrogens is 292 g/mol. The number of aromatic amines is 1. The molecule has 23 heavy (non-hydrogen) atoms. The van der Waals surface area contributed by atoms with Crippen LogP contribution in [0.2, 0.25) is 0 Å². The lowest BCUT2D eigenvalue weighted by Crippen LogP contribution is -2.36. The summed E-state index contributed by atoms with van der Waals surface area (Å²) >= 11 is 0. The number of pyridine rings is 1. The third-order valence-corrected chi connectivity index (χ3v) is 4.38. The largest absolute Gasteiger partial charge is 0.347 e. The Kier molecular flexibility index (Phi) is 3.04. The van der Waals surface area contributed by atoms with Crippen LogP contribution < -0.4 is 5.56 Å². The average Bonchev–Trinajstić information content (AvgIpc) is 3.05. The van der Waals surface area contributed by atoms with Crippen molar-refractivity contribution in [2.24, 2.45) is 7.05 Å². The van der Waals surface area contributed by atoms with Crippen molar-refractivity contribution in [2.75, 3.05) is 6.54 Å². The Morgan fingerprint density at radius 3 is 2.87 bits per heavy atom. The number of carbonyl (C=O) groups is 1. The second kappa shape index (κ2) is 5.08. The van der Waals surface area contributed by atoms with E-state index in [0.29, 0.717) is 29.4 Å². The van der Waals surface area contributed by atoms with E-state index in [1.807, 2.05) is 18.2 Å². The second-order valence-corrected chi connectivity index (χ2v) is 5.81. The van der Waals surface area contributed by atoms with Gasteiger partial charge in [0.1, 0.15) is 0 Å². The van der Waals surface area contributed by atoms with E-state index in [2.05, 4.69) is 9.97 Å². The van der Waals surface area contributed by atoms with Gasteiger partial charge in [0.25, 0.3) is 11.5 Å². The van der Waals surface area contributed by atoms with Crippen LogP contribution in [-0.4, -0.2) is 31.9 Å². The molecule has 0 spiro atoms. The van der Waals surface area contributed by atoms with Gasteiger partial charge in [0, 0.05) is 37.0 Å². The molecule has 6 nitrogen and oxygen atoms in total. The zero-order chi connectivity index (χ0) is 16.0. The highest BCUT2D eigenvalue weighted by molar-refractivity contribution is 6.06. The lowest BCUT2D eigenvalue weighted by atomic mass is 10.0. The maximum atomic E-state index is 13.0. The number of rotatable bonds is 1. The summed E-state index contributed by atoms with van der Waals surface area (Å²) in [4.78, 5) is 34.4. The summed E-state index contributed by atoms with van der Waals surface area (Å²) < 4.78 is 1.47. The third-order valence-electron chi connectivity index (χ3n) is 4.38. The third kappa shape index (κ3) is 2.14. The van der Waals surface area contributed by atoms with Crippen LogP contribution in [-0.2, 0) is 20.0 Å². The highest BCUT2D eigenvalue weighted by atomic mass is 16.2. The van der Waals surface area contributed by atoms with Crippen molar-refractivity contribution in [1.82, 2.24) is 19.4 Å². The number of H-pyrrole nitrogens is 1. The Bertz CT molecular complexity index is 970. The predicted octanol–water partition coefficient (Wildman–Crippen LogP) is 1.46. The zero-order valence-electron chi connectivity index (χ0n) is 12.7. The number of hydrogen-bond acceptors (Lipinski definition) is 3. The Morgan fingerprint density at radius 2 is 2.04 bits per heavy atom. The number of fused-ring (bicyclic) bond motifs is 2. The SMILES string of the molecule is Cn1cc(C(=O)N2CCc3nc[nH]c3C2)c2ccccc2c1=O. The molecule has 0 aliphatic carbocycles. The summed E-state index contributed by atoms with van der Waals surface area (Å²) in [6.45, 7) is 1.15. The van der Waals surface area contributed by atoms with Crippen molar-refractivity contribution < 1.29 is 4.79 Å². The minimum atomic E-state index is -0.0911. The fourth-order valence-electron chi connectivity index (χ4n) is 3.14. The van der Waals surface area contributed by atoms with Gasteiger partial charge in [-0.1, -0.05) is 18.2 Å². The smallest absolute Gasteiger partial charge is 0.258 e. The van der Waals surface area contributed by atoms with Crippen LogP contribution in [0.4, 0.5) is 0 Å². The molecule has 0 unspecified atom stereocenters. The normalized spacial score (nSPS) is 14.0. The molecule has 0 fully saturated rings. The molecule has 0 bridgehead atoms. The Hall–Kier alpha value is -2.89. The van der Waals surface area contributed by atoms with Crippen molar-refractivity contribution in [3.05, 3.63) is 64.1 Å². The van der Waals surface area contributed by atoms with Gasteiger partial charge in [-0.15, -0.1) is 0 Å². The van der Waals surface area contributed by atoms with Gasteiger partial charge in [-0.05, 0) is 6.07 Å². The number of benzene rings is 1. The molecule has 0 radical (unpaired) electrons. The van der Waals surface area contributed by atoms with Crippen molar-refractivity contribution in [3.63, 3.8) is 0 Å². The van der Waals surface area contributed by atoms with Gasteiger partial charge in [-0.25, -0.2) is 4.98 Å². The number of carbonyl (C=O) groups excluding carboxylic acids is 1. The first kappa shape index (κ1) is 13.8. The average molecular weight is 308 g/mol. The molecule has 2 aromatic heterocycles. The molecule has 6 heteroatoms. The molecular formula is C17H16N4O2.